The number of benzene rings is 1. The Morgan fingerprint density at radius 1 is 1.34 bits per heavy atom. The highest BCUT2D eigenvalue weighted by Crippen LogP contribution is 2.35. The molecule has 29 heavy (non-hydrogen) atoms. The van der Waals surface area contributed by atoms with Crippen LogP contribution in [0.1, 0.15) is 39.0 Å². The monoisotopic (exact) mass is 404 g/mol. The van der Waals surface area contributed by atoms with E-state index in [1.807, 2.05) is 0 Å². The Morgan fingerprint density at radius 2 is 2.17 bits per heavy atom. The lowest BCUT2D eigenvalue weighted by Crippen LogP contribution is -2.45. The number of nitrogens with one attached hydrogen (secondary N) is 1. The van der Waals surface area contributed by atoms with Crippen molar-refractivity contribution in [2.45, 2.75) is 45.1 Å². The average molecular weight is 404 g/mol. The number of unbranched alkanes of at least 4 members (excludes halogenated alkanes) is 1. The summed E-state index contributed by atoms with van der Waals surface area (Å²) in [4.78, 5) is 38.7. The number of amides is 2. The molecule has 1 fully saturated rings. The van der Waals surface area contributed by atoms with Crippen molar-refractivity contribution in [3.8, 4) is 5.75 Å². The number of nitrogens with zero attached hydrogens (tertiary/aromatic N) is 3. The van der Waals surface area contributed by atoms with Gasteiger partial charge in [-0.05, 0) is 51.8 Å². The first kappa shape index (κ1) is 21.0. The van der Waals surface area contributed by atoms with Crippen molar-refractivity contribution in [2.24, 2.45) is 0 Å². The molecule has 2 aliphatic rings. The highest BCUT2D eigenvalue weighted by atomic mass is 16.6. The van der Waals surface area contributed by atoms with Gasteiger partial charge in [0.15, 0.2) is 6.61 Å². The van der Waals surface area contributed by atoms with E-state index in [9.17, 15) is 19.7 Å². The maximum absolute atomic E-state index is 12.3. The Balaban J connectivity index is 1.47. The molecule has 0 spiro atoms. The minimum Gasteiger partial charge on any atom is -0.482 e. The predicted molar refractivity (Wildman–Crippen MR) is 108 cm³/mol. The predicted octanol–water partition coefficient (Wildman–Crippen LogP) is 2.09. The van der Waals surface area contributed by atoms with Gasteiger partial charge in [-0.1, -0.05) is 6.42 Å². The SMILES string of the molecule is CC1CCCCN1CCCCNC(=O)CN1C(=O)COc2ccc([N+](=O)[O-])cc21. The fraction of sp³-hybridized carbons (Fsp3) is 0.600. The molecule has 9 heteroatoms. The van der Waals surface area contributed by atoms with Gasteiger partial charge in [-0.3, -0.25) is 24.6 Å². The maximum atomic E-state index is 12.3. The van der Waals surface area contributed by atoms with Gasteiger partial charge >= 0.3 is 0 Å². The topological polar surface area (TPSA) is 105 Å². The molecule has 1 unspecified atom stereocenters. The smallest absolute Gasteiger partial charge is 0.271 e. The van der Waals surface area contributed by atoms with Gasteiger partial charge in [0.2, 0.25) is 5.91 Å². The summed E-state index contributed by atoms with van der Waals surface area (Å²) in [6, 6.07) is 4.66. The Bertz CT molecular complexity index is 769. The molecule has 1 N–H and O–H groups in total. The van der Waals surface area contributed by atoms with Crippen molar-refractivity contribution in [3.63, 3.8) is 0 Å². The van der Waals surface area contributed by atoms with Crippen LogP contribution in [0.2, 0.25) is 0 Å². The number of non-ortho nitro benzene ring substituents is 1. The van der Waals surface area contributed by atoms with Gasteiger partial charge in [0, 0.05) is 24.7 Å². The zero-order chi connectivity index (χ0) is 20.8. The van der Waals surface area contributed by atoms with Crippen LogP contribution in [0, 0.1) is 10.1 Å². The van der Waals surface area contributed by atoms with E-state index >= 15 is 0 Å². The molecule has 9 nitrogen and oxygen atoms in total. The summed E-state index contributed by atoms with van der Waals surface area (Å²) in [7, 11) is 0. The van der Waals surface area contributed by atoms with Gasteiger partial charge in [-0.2, -0.15) is 0 Å². The third-order valence-electron chi connectivity index (χ3n) is 5.53. The Morgan fingerprint density at radius 3 is 2.93 bits per heavy atom. The van der Waals surface area contributed by atoms with Crippen LogP contribution in [0.15, 0.2) is 18.2 Å². The van der Waals surface area contributed by atoms with E-state index in [-0.39, 0.29) is 30.4 Å². The largest absolute Gasteiger partial charge is 0.482 e. The molecule has 2 heterocycles. The lowest BCUT2D eigenvalue weighted by molar-refractivity contribution is -0.384. The van der Waals surface area contributed by atoms with E-state index in [0.29, 0.717) is 18.3 Å². The number of hydrogen-bond acceptors (Lipinski definition) is 6. The molecule has 1 atom stereocenters. The average Bonchev–Trinajstić information content (AvgIpc) is 2.70. The molecule has 0 saturated carbocycles. The molecule has 2 aliphatic heterocycles. The minimum atomic E-state index is -0.541. The molecular formula is C20H28N4O5. The minimum absolute atomic E-state index is 0.153. The van der Waals surface area contributed by atoms with Crippen LogP contribution in [-0.4, -0.2) is 60.5 Å². The molecule has 0 radical (unpaired) electrons. The summed E-state index contributed by atoms with van der Waals surface area (Å²) >= 11 is 0. The fourth-order valence-corrected chi connectivity index (χ4v) is 3.83. The van der Waals surface area contributed by atoms with Crippen LogP contribution in [0.4, 0.5) is 11.4 Å². The Kier molecular flexibility index (Phi) is 7.03. The molecule has 0 aliphatic carbocycles. The number of carbonyl (C=O) groups excluding carboxylic acids is 2. The van der Waals surface area contributed by atoms with E-state index in [1.54, 1.807) is 0 Å². The number of rotatable bonds is 8. The van der Waals surface area contributed by atoms with Crippen LogP contribution in [0.25, 0.3) is 0 Å². The van der Waals surface area contributed by atoms with E-state index < -0.39 is 10.8 Å². The first-order chi connectivity index (χ1) is 14.0. The maximum Gasteiger partial charge on any atom is 0.271 e. The number of piperidine rings is 1. The number of hydrogen-bond donors (Lipinski definition) is 1. The lowest BCUT2D eigenvalue weighted by Gasteiger charge is -2.33. The summed E-state index contributed by atoms with van der Waals surface area (Å²) in [6.07, 6.45) is 5.70. The highest BCUT2D eigenvalue weighted by molar-refractivity contribution is 6.02. The first-order valence-corrected chi connectivity index (χ1v) is 10.2. The molecule has 158 valence electrons. The molecule has 3 rings (SSSR count). The van der Waals surface area contributed by atoms with Crippen molar-refractivity contribution < 1.29 is 19.2 Å². The number of ether oxygens (including phenoxy) is 1. The summed E-state index contributed by atoms with van der Waals surface area (Å²) in [5, 5.41) is 13.9. The first-order valence-electron chi connectivity index (χ1n) is 10.2. The van der Waals surface area contributed by atoms with Gasteiger partial charge in [-0.15, -0.1) is 0 Å². The normalized spacial score (nSPS) is 19.4. The van der Waals surface area contributed by atoms with Crippen molar-refractivity contribution in [1.82, 2.24) is 10.2 Å². The van der Waals surface area contributed by atoms with Crippen LogP contribution >= 0.6 is 0 Å². The van der Waals surface area contributed by atoms with Crippen molar-refractivity contribution in [2.75, 3.05) is 37.7 Å². The molecule has 0 bridgehead atoms. The quantitative estimate of drug-likeness (QED) is 0.404. The second-order valence-electron chi connectivity index (χ2n) is 7.62. The number of likely N-dealkylation sites (tertiary alicyclic amines) is 1. The molecule has 1 aromatic rings. The third-order valence-corrected chi connectivity index (χ3v) is 5.53. The van der Waals surface area contributed by atoms with E-state index in [0.717, 1.165) is 25.9 Å². The standard InChI is InChI=1S/C20H28N4O5/c1-15-6-2-4-10-22(15)11-5-3-9-21-19(25)13-23-17-12-16(24(27)28)7-8-18(17)29-14-20(23)26/h7-8,12,15H,2-6,9-11,13-14H2,1H3,(H,21,25). The Labute approximate surface area is 170 Å². The van der Waals surface area contributed by atoms with E-state index in [4.69, 9.17) is 4.74 Å². The van der Waals surface area contributed by atoms with Crippen molar-refractivity contribution in [1.29, 1.82) is 0 Å². The van der Waals surface area contributed by atoms with E-state index in [2.05, 4.69) is 17.1 Å². The number of fused-ring (bicyclic) bond motifs is 1. The molecular weight excluding hydrogens is 376 g/mol. The number of nitro benzene ring substituents is 1. The van der Waals surface area contributed by atoms with Gasteiger partial charge < -0.3 is 15.0 Å². The van der Waals surface area contributed by atoms with Gasteiger partial charge in [0.1, 0.15) is 12.3 Å². The molecule has 0 aromatic heterocycles. The molecule has 1 aromatic carbocycles. The van der Waals surface area contributed by atoms with Crippen LogP contribution < -0.4 is 15.0 Å². The summed E-state index contributed by atoms with van der Waals surface area (Å²) < 4.78 is 5.31. The Hall–Kier alpha value is -2.68. The number of anilines is 1. The summed E-state index contributed by atoms with van der Waals surface area (Å²) in [6.45, 7) is 4.63. The van der Waals surface area contributed by atoms with Gasteiger partial charge in [0.25, 0.3) is 11.6 Å². The fourth-order valence-electron chi connectivity index (χ4n) is 3.83. The second kappa shape index (κ2) is 9.69. The molecule has 2 amide bonds. The third kappa shape index (κ3) is 5.44. The zero-order valence-electron chi connectivity index (χ0n) is 16.8. The van der Waals surface area contributed by atoms with E-state index in [1.165, 1.54) is 42.4 Å². The van der Waals surface area contributed by atoms with Crippen LogP contribution in [0.3, 0.4) is 0 Å². The summed E-state index contributed by atoms with van der Waals surface area (Å²) in [5.41, 5.74) is 0.101. The van der Waals surface area contributed by atoms with Gasteiger partial charge in [0.05, 0.1) is 10.6 Å². The lowest BCUT2D eigenvalue weighted by atomic mass is 10.0. The zero-order valence-corrected chi connectivity index (χ0v) is 16.8. The second-order valence-corrected chi connectivity index (χ2v) is 7.62. The van der Waals surface area contributed by atoms with Crippen LogP contribution in [-0.2, 0) is 9.59 Å². The van der Waals surface area contributed by atoms with Gasteiger partial charge in [-0.25, -0.2) is 0 Å². The highest BCUT2D eigenvalue weighted by Gasteiger charge is 2.29. The number of nitro groups is 1. The molecule has 1 saturated heterocycles. The van der Waals surface area contributed by atoms with Crippen LogP contribution in [0.5, 0.6) is 5.75 Å². The van der Waals surface area contributed by atoms with Crippen molar-refractivity contribution >= 4 is 23.2 Å². The number of carbonyl (C=O) groups is 2. The summed E-state index contributed by atoms with van der Waals surface area (Å²) in [5.74, 6) is -0.324. The van der Waals surface area contributed by atoms with Crippen molar-refractivity contribution in [3.05, 3.63) is 28.3 Å².